The summed E-state index contributed by atoms with van der Waals surface area (Å²) in [6, 6.07) is -0.339. The normalized spacial score (nSPS) is 12.3. The van der Waals surface area contributed by atoms with E-state index >= 15 is 0 Å². The van der Waals surface area contributed by atoms with Crippen molar-refractivity contribution >= 4 is 27.9 Å². The molecular formula is C12H12F3N3O6S. The Labute approximate surface area is 139 Å². The summed E-state index contributed by atoms with van der Waals surface area (Å²) in [5, 5.41) is 1.62. The molecule has 4 N–H and O–H groups in total. The molecule has 0 heterocycles. The molecule has 13 heteroatoms. The minimum Gasteiger partial charge on any atom is -0.452 e. The van der Waals surface area contributed by atoms with Crippen LogP contribution in [0.3, 0.4) is 0 Å². The maximum absolute atomic E-state index is 13.5. The van der Waals surface area contributed by atoms with Gasteiger partial charge in [-0.1, -0.05) is 0 Å². The summed E-state index contributed by atoms with van der Waals surface area (Å²) in [5.74, 6) is -7.88. The van der Waals surface area contributed by atoms with Gasteiger partial charge in [0, 0.05) is 0 Å². The lowest BCUT2D eigenvalue weighted by Crippen LogP contribution is -2.43. The smallest absolute Gasteiger partial charge is 0.321 e. The van der Waals surface area contributed by atoms with Crippen LogP contribution in [0.2, 0.25) is 0 Å². The minimum absolute atomic E-state index is 0.390. The summed E-state index contributed by atoms with van der Waals surface area (Å²) in [5.41, 5.74) is 4.68. The average Bonchev–Trinajstić information content (AvgIpc) is 2.49. The van der Waals surface area contributed by atoms with Crippen LogP contribution in [-0.4, -0.2) is 39.0 Å². The van der Waals surface area contributed by atoms with Crippen molar-refractivity contribution in [3.05, 3.63) is 29.6 Å². The molecular weight excluding hydrogens is 371 g/mol. The Balaban J connectivity index is 2.74. The molecule has 0 bridgehead atoms. The molecule has 0 fully saturated rings. The lowest BCUT2D eigenvalue weighted by molar-refractivity contribution is -0.153. The lowest BCUT2D eigenvalue weighted by Gasteiger charge is -2.12. The summed E-state index contributed by atoms with van der Waals surface area (Å²) in [6.07, 6.45) is -1.48. The van der Waals surface area contributed by atoms with Gasteiger partial charge in [-0.25, -0.2) is 26.4 Å². The Morgan fingerprint density at radius 3 is 2.36 bits per heavy atom. The molecule has 1 rings (SSSR count). The number of halogens is 3. The van der Waals surface area contributed by atoms with Crippen molar-refractivity contribution in [3.8, 4) is 0 Å². The van der Waals surface area contributed by atoms with Gasteiger partial charge >= 0.3 is 12.0 Å². The number of esters is 1. The summed E-state index contributed by atoms with van der Waals surface area (Å²) in [7, 11) is -4.71. The number of benzene rings is 1. The molecule has 0 radical (unpaired) electrons. The average molecular weight is 383 g/mol. The molecule has 0 spiro atoms. The van der Waals surface area contributed by atoms with Crippen LogP contribution in [0.5, 0.6) is 0 Å². The SMILES string of the molecule is CC(OC(=O)CNS(=O)(=O)c1ccc(F)c(F)c1F)C(=O)NC(N)=O. The van der Waals surface area contributed by atoms with E-state index in [0.717, 1.165) is 6.92 Å². The molecule has 1 aromatic rings. The second kappa shape index (κ2) is 7.94. The number of nitrogens with two attached hydrogens (primary N) is 1. The quantitative estimate of drug-likeness (QED) is 0.446. The highest BCUT2D eigenvalue weighted by atomic mass is 32.2. The zero-order valence-electron chi connectivity index (χ0n) is 12.5. The van der Waals surface area contributed by atoms with Crippen LogP contribution in [0.4, 0.5) is 18.0 Å². The van der Waals surface area contributed by atoms with E-state index in [-0.39, 0.29) is 0 Å². The van der Waals surface area contributed by atoms with Crippen molar-refractivity contribution in [1.82, 2.24) is 10.0 Å². The molecule has 0 aromatic heterocycles. The first-order chi connectivity index (χ1) is 11.5. The molecule has 9 nitrogen and oxygen atoms in total. The Hall–Kier alpha value is -2.67. The number of carbonyl (C=O) groups is 3. The topological polar surface area (TPSA) is 145 Å². The third-order valence-corrected chi connectivity index (χ3v) is 4.04. The fraction of sp³-hybridized carbons (Fsp3) is 0.250. The standard InChI is InChI=1S/C12H12F3N3O6S/c1-5(11(20)18-12(16)21)24-8(19)4-17-25(22,23)7-3-2-6(13)9(14)10(7)15/h2-3,5,17H,4H2,1H3,(H3,16,18,20,21). The predicted octanol–water partition coefficient (Wildman–Crippen LogP) is -0.491. The molecule has 1 aromatic carbocycles. The van der Waals surface area contributed by atoms with Gasteiger partial charge in [0.25, 0.3) is 5.91 Å². The maximum atomic E-state index is 13.5. The molecule has 138 valence electrons. The van der Waals surface area contributed by atoms with Gasteiger partial charge in [-0.15, -0.1) is 0 Å². The number of urea groups is 1. The zero-order valence-corrected chi connectivity index (χ0v) is 13.3. The van der Waals surface area contributed by atoms with Gasteiger partial charge in [0.15, 0.2) is 23.6 Å². The van der Waals surface area contributed by atoms with E-state index in [2.05, 4.69) is 10.5 Å². The summed E-state index contributed by atoms with van der Waals surface area (Å²) < 4.78 is 69.0. The monoisotopic (exact) mass is 383 g/mol. The van der Waals surface area contributed by atoms with E-state index in [1.54, 1.807) is 10.0 Å². The number of primary amides is 1. The molecule has 25 heavy (non-hydrogen) atoms. The summed E-state index contributed by atoms with van der Waals surface area (Å²) in [6.45, 7) is 0.0225. The number of amides is 3. The van der Waals surface area contributed by atoms with E-state index in [0.29, 0.717) is 12.1 Å². The lowest BCUT2D eigenvalue weighted by atomic mass is 10.3. The van der Waals surface area contributed by atoms with Crippen LogP contribution < -0.4 is 15.8 Å². The fourth-order valence-electron chi connectivity index (χ4n) is 1.46. The summed E-state index contributed by atoms with van der Waals surface area (Å²) >= 11 is 0. The van der Waals surface area contributed by atoms with Gasteiger partial charge in [0.05, 0.1) is 0 Å². The van der Waals surface area contributed by atoms with E-state index in [1.165, 1.54) is 0 Å². The first-order valence-electron chi connectivity index (χ1n) is 6.38. The van der Waals surface area contributed by atoms with Crippen LogP contribution in [0.25, 0.3) is 0 Å². The third-order valence-electron chi connectivity index (χ3n) is 2.62. The van der Waals surface area contributed by atoms with Crippen molar-refractivity contribution in [2.24, 2.45) is 5.73 Å². The van der Waals surface area contributed by atoms with Crippen molar-refractivity contribution in [2.45, 2.75) is 17.9 Å². The molecule has 0 aliphatic carbocycles. The van der Waals surface area contributed by atoms with Crippen molar-refractivity contribution in [3.63, 3.8) is 0 Å². The third kappa shape index (κ3) is 5.42. The predicted molar refractivity (Wildman–Crippen MR) is 74.8 cm³/mol. The number of nitrogens with one attached hydrogen (secondary N) is 2. The largest absolute Gasteiger partial charge is 0.452 e. The first kappa shape index (κ1) is 20.4. The second-order valence-electron chi connectivity index (χ2n) is 4.48. The van der Waals surface area contributed by atoms with Crippen molar-refractivity contribution in [1.29, 1.82) is 0 Å². The highest BCUT2D eigenvalue weighted by Crippen LogP contribution is 2.19. The van der Waals surface area contributed by atoms with Crippen LogP contribution >= 0.6 is 0 Å². The van der Waals surface area contributed by atoms with Gasteiger partial charge in [-0.3, -0.25) is 14.9 Å². The molecule has 0 aliphatic heterocycles. The van der Waals surface area contributed by atoms with Gasteiger partial charge in [0.1, 0.15) is 11.4 Å². The van der Waals surface area contributed by atoms with E-state index in [4.69, 9.17) is 0 Å². The highest BCUT2D eigenvalue weighted by molar-refractivity contribution is 7.89. The fourth-order valence-corrected chi connectivity index (χ4v) is 2.50. The van der Waals surface area contributed by atoms with Crippen molar-refractivity contribution in [2.75, 3.05) is 6.54 Å². The number of ether oxygens (including phenoxy) is 1. The number of rotatable bonds is 6. The zero-order chi connectivity index (χ0) is 19.4. The molecule has 0 saturated heterocycles. The molecule has 1 atom stereocenters. The minimum atomic E-state index is -4.71. The molecule has 0 aliphatic rings. The first-order valence-corrected chi connectivity index (χ1v) is 7.87. The van der Waals surface area contributed by atoms with Crippen LogP contribution in [0, 0.1) is 17.5 Å². The summed E-state index contributed by atoms with van der Waals surface area (Å²) in [4.78, 5) is 32.0. The van der Waals surface area contributed by atoms with E-state index in [1.807, 2.05) is 0 Å². The van der Waals surface area contributed by atoms with Crippen LogP contribution in [-0.2, 0) is 24.3 Å². The van der Waals surface area contributed by atoms with E-state index < -0.39 is 62.9 Å². The van der Waals surface area contributed by atoms with Crippen molar-refractivity contribution < 1.29 is 40.7 Å². The highest BCUT2D eigenvalue weighted by Gasteiger charge is 2.25. The second-order valence-corrected chi connectivity index (χ2v) is 6.22. The van der Waals surface area contributed by atoms with Crippen LogP contribution in [0.1, 0.15) is 6.92 Å². The maximum Gasteiger partial charge on any atom is 0.321 e. The van der Waals surface area contributed by atoms with Gasteiger partial charge < -0.3 is 10.5 Å². The number of sulfonamides is 1. The molecule has 3 amide bonds. The van der Waals surface area contributed by atoms with E-state index in [9.17, 15) is 36.0 Å². The molecule has 0 saturated carbocycles. The Kier molecular flexibility index (Phi) is 6.47. The van der Waals surface area contributed by atoms with Crippen LogP contribution in [0.15, 0.2) is 17.0 Å². The number of carbonyl (C=O) groups excluding carboxylic acids is 3. The Morgan fingerprint density at radius 2 is 1.80 bits per heavy atom. The number of hydrogen-bond donors (Lipinski definition) is 3. The number of imide groups is 1. The van der Waals surface area contributed by atoms with Gasteiger partial charge in [-0.05, 0) is 19.1 Å². The van der Waals surface area contributed by atoms with Gasteiger partial charge in [-0.2, -0.15) is 4.72 Å². The molecule has 1 unspecified atom stereocenters. The Bertz CT molecular complexity index is 815. The number of hydrogen-bond acceptors (Lipinski definition) is 6. The Morgan fingerprint density at radius 1 is 1.20 bits per heavy atom. The van der Waals surface area contributed by atoms with Gasteiger partial charge in [0.2, 0.25) is 10.0 Å².